The fraction of sp³-hybridized carbons (Fsp3) is 0.312. The molecule has 3 heterocycles. The summed E-state index contributed by atoms with van der Waals surface area (Å²) in [6.45, 7) is 4.48. The largest absolute Gasteiger partial charge is 0.374 e. The summed E-state index contributed by atoms with van der Waals surface area (Å²) in [4.78, 5) is 16.1. The molecule has 8 heteroatoms. The Bertz CT molecular complexity index is 833. The number of quaternary nitrogens is 1. The smallest absolute Gasteiger partial charge is 0.360 e. The van der Waals surface area contributed by atoms with E-state index < -0.39 is 0 Å². The predicted molar refractivity (Wildman–Crippen MR) is 92.8 cm³/mol. The first-order valence-electron chi connectivity index (χ1n) is 8.01. The minimum absolute atomic E-state index is 0.171. The second kappa shape index (κ2) is 6.58. The quantitative estimate of drug-likeness (QED) is 0.716. The molecule has 0 atom stereocenters. The third-order valence-electron chi connectivity index (χ3n) is 4.32. The van der Waals surface area contributed by atoms with E-state index >= 15 is 0 Å². The first-order valence-corrected chi connectivity index (χ1v) is 8.89. The zero-order valence-electron chi connectivity index (χ0n) is 13.2. The number of aromatic nitrogens is 4. The molecule has 0 aliphatic carbocycles. The molecule has 24 heavy (non-hydrogen) atoms. The van der Waals surface area contributed by atoms with Crippen LogP contribution in [0.2, 0.25) is 0 Å². The molecule has 0 bridgehead atoms. The molecule has 1 aliphatic heterocycles. The molecule has 4 rings (SSSR count). The maximum Gasteiger partial charge on any atom is 0.374 e. The summed E-state index contributed by atoms with van der Waals surface area (Å²) in [6, 6.07) is 14.2. The highest BCUT2D eigenvalue weighted by atomic mass is 32.1. The molecule has 1 fully saturated rings. The Morgan fingerprint density at radius 2 is 1.83 bits per heavy atom. The number of nitrogens with one attached hydrogen (secondary N) is 1. The van der Waals surface area contributed by atoms with Crippen molar-refractivity contribution in [3.05, 3.63) is 58.3 Å². The lowest BCUT2D eigenvalue weighted by molar-refractivity contribution is -0.924. The Kier molecular flexibility index (Phi) is 4.14. The summed E-state index contributed by atoms with van der Waals surface area (Å²) >= 11 is 1.48. The van der Waals surface area contributed by atoms with E-state index in [2.05, 4.69) is 39.6 Å². The molecule has 1 saturated heterocycles. The predicted octanol–water partition coefficient (Wildman–Crippen LogP) is -0.147. The van der Waals surface area contributed by atoms with Gasteiger partial charge in [-0.05, 0) is 40.1 Å². The number of tetrazole rings is 1. The number of hydrogen-bond acceptors (Lipinski definition) is 5. The van der Waals surface area contributed by atoms with Gasteiger partial charge in [-0.1, -0.05) is 18.2 Å². The van der Waals surface area contributed by atoms with E-state index in [1.165, 1.54) is 31.3 Å². The van der Waals surface area contributed by atoms with E-state index in [0.717, 1.165) is 31.2 Å². The van der Waals surface area contributed by atoms with Crippen molar-refractivity contribution in [2.75, 3.05) is 31.1 Å². The van der Waals surface area contributed by atoms with Crippen LogP contribution < -0.4 is 15.5 Å². The Morgan fingerprint density at radius 3 is 2.54 bits per heavy atom. The lowest BCUT2D eigenvalue weighted by Gasteiger charge is -2.33. The van der Waals surface area contributed by atoms with Crippen LogP contribution in [0.5, 0.6) is 0 Å². The topological polar surface area (TPSA) is 60.4 Å². The molecular formula is C16H19N6OS+. The summed E-state index contributed by atoms with van der Waals surface area (Å²) in [5.74, 6) is 0. The SMILES string of the molecule is O=c1n(C[NH+]2CCN(c3ccccc3)CC2)nnn1-c1cccs1. The minimum atomic E-state index is -0.171. The van der Waals surface area contributed by atoms with Crippen LogP contribution in [0.4, 0.5) is 5.69 Å². The lowest BCUT2D eigenvalue weighted by Crippen LogP contribution is -3.14. The average molecular weight is 343 g/mol. The van der Waals surface area contributed by atoms with Gasteiger partial charge in [0, 0.05) is 5.69 Å². The van der Waals surface area contributed by atoms with Crippen molar-refractivity contribution >= 4 is 17.0 Å². The molecule has 1 aliphatic rings. The van der Waals surface area contributed by atoms with Gasteiger partial charge in [0.25, 0.3) is 0 Å². The number of hydrogen-bond donors (Lipinski definition) is 1. The van der Waals surface area contributed by atoms with E-state index in [1.807, 2.05) is 23.6 Å². The number of piperazine rings is 1. The molecule has 0 amide bonds. The first kappa shape index (κ1) is 15.1. The van der Waals surface area contributed by atoms with Gasteiger partial charge in [-0.3, -0.25) is 0 Å². The number of anilines is 1. The van der Waals surface area contributed by atoms with Gasteiger partial charge in [-0.2, -0.15) is 0 Å². The fourth-order valence-corrected chi connectivity index (χ4v) is 3.66. The van der Waals surface area contributed by atoms with E-state index in [4.69, 9.17) is 0 Å². The van der Waals surface area contributed by atoms with Crippen molar-refractivity contribution in [1.29, 1.82) is 0 Å². The summed E-state index contributed by atoms with van der Waals surface area (Å²) in [5, 5.41) is 10.7. The highest BCUT2D eigenvalue weighted by Gasteiger charge is 2.22. The molecule has 3 aromatic rings. The van der Waals surface area contributed by atoms with Crippen LogP contribution in [0.1, 0.15) is 0 Å². The summed E-state index contributed by atoms with van der Waals surface area (Å²) < 4.78 is 2.83. The number of para-hydroxylation sites is 1. The van der Waals surface area contributed by atoms with Crippen LogP contribution in [0.3, 0.4) is 0 Å². The first-order chi connectivity index (χ1) is 11.8. The van der Waals surface area contributed by atoms with Gasteiger partial charge in [0.2, 0.25) is 0 Å². The van der Waals surface area contributed by atoms with Gasteiger partial charge < -0.3 is 9.80 Å². The van der Waals surface area contributed by atoms with Crippen molar-refractivity contribution in [2.45, 2.75) is 6.67 Å². The van der Waals surface area contributed by atoms with Crippen molar-refractivity contribution in [1.82, 2.24) is 19.8 Å². The summed E-state index contributed by atoms with van der Waals surface area (Å²) in [7, 11) is 0. The van der Waals surface area contributed by atoms with Crippen molar-refractivity contribution in [3.63, 3.8) is 0 Å². The Hall–Kier alpha value is -2.45. The van der Waals surface area contributed by atoms with Crippen molar-refractivity contribution in [2.24, 2.45) is 0 Å². The number of thiophene rings is 1. The molecular weight excluding hydrogens is 324 g/mol. The standard InChI is InChI=1S/C16H18N6OS/c23-16-21(17-18-22(16)15-7-4-12-24-15)13-19-8-10-20(11-9-19)14-5-2-1-3-6-14/h1-7,12H,8-11,13H2/p+1. The second-order valence-corrected chi connectivity index (χ2v) is 6.78. The fourth-order valence-electron chi connectivity index (χ4n) is 2.99. The van der Waals surface area contributed by atoms with Gasteiger partial charge in [0.15, 0.2) is 6.67 Å². The van der Waals surface area contributed by atoms with Crippen LogP contribution in [-0.2, 0) is 6.67 Å². The van der Waals surface area contributed by atoms with Crippen LogP contribution in [-0.4, -0.2) is 46.0 Å². The third-order valence-corrected chi connectivity index (χ3v) is 5.16. The van der Waals surface area contributed by atoms with Gasteiger partial charge in [0.1, 0.15) is 5.00 Å². The molecule has 0 radical (unpaired) electrons. The highest BCUT2D eigenvalue weighted by molar-refractivity contribution is 7.12. The minimum Gasteiger partial charge on any atom is -0.360 e. The van der Waals surface area contributed by atoms with Crippen molar-refractivity contribution in [3.8, 4) is 5.00 Å². The molecule has 1 aromatic carbocycles. The van der Waals surface area contributed by atoms with Gasteiger partial charge >= 0.3 is 5.69 Å². The molecule has 7 nitrogen and oxygen atoms in total. The van der Waals surface area contributed by atoms with E-state index in [0.29, 0.717) is 6.67 Å². The third kappa shape index (κ3) is 2.98. The molecule has 0 spiro atoms. The van der Waals surface area contributed by atoms with Crippen LogP contribution in [0.25, 0.3) is 5.00 Å². The van der Waals surface area contributed by atoms with Gasteiger partial charge in [0.05, 0.1) is 26.2 Å². The maximum absolute atomic E-state index is 12.4. The zero-order valence-corrected chi connectivity index (χ0v) is 14.0. The second-order valence-electron chi connectivity index (χ2n) is 5.85. The number of rotatable bonds is 4. The molecule has 124 valence electrons. The maximum atomic E-state index is 12.4. The van der Waals surface area contributed by atoms with Crippen LogP contribution in [0, 0.1) is 0 Å². The van der Waals surface area contributed by atoms with Crippen molar-refractivity contribution < 1.29 is 4.90 Å². The average Bonchev–Trinajstić information content (AvgIpc) is 3.27. The van der Waals surface area contributed by atoms with Crippen LogP contribution >= 0.6 is 11.3 Å². The number of benzene rings is 1. The summed E-state index contributed by atoms with van der Waals surface area (Å²) in [6.07, 6.45) is 0. The molecule has 0 unspecified atom stereocenters. The molecule has 2 aromatic heterocycles. The van der Waals surface area contributed by atoms with Gasteiger partial charge in [-0.15, -0.1) is 20.7 Å². The van der Waals surface area contributed by atoms with Crippen LogP contribution in [0.15, 0.2) is 52.6 Å². The zero-order chi connectivity index (χ0) is 16.4. The van der Waals surface area contributed by atoms with E-state index in [9.17, 15) is 4.79 Å². The monoisotopic (exact) mass is 343 g/mol. The molecule has 1 N–H and O–H groups in total. The van der Waals surface area contributed by atoms with Gasteiger partial charge in [-0.25, -0.2) is 4.79 Å². The Morgan fingerprint density at radius 1 is 1.04 bits per heavy atom. The summed E-state index contributed by atoms with van der Waals surface area (Å²) in [5.41, 5.74) is 1.09. The van der Waals surface area contributed by atoms with E-state index in [-0.39, 0.29) is 5.69 Å². The normalized spacial score (nSPS) is 15.8. The number of nitrogens with zero attached hydrogens (tertiary/aromatic N) is 5. The van der Waals surface area contributed by atoms with E-state index in [1.54, 1.807) is 0 Å². The Balaban J connectivity index is 1.40. The highest BCUT2D eigenvalue weighted by Crippen LogP contribution is 2.12. The molecule has 0 saturated carbocycles. The lowest BCUT2D eigenvalue weighted by atomic mass is 10.2. The Labute approximate surface area is 143 Å².